The average molecular weight is 474 g/mol. The van der Waals surface area contributed by atoms with Crippen LogP contribution in [0.3, 0.4) is 0 Å². The zero-order valence-electron chi connectivity index (χ0n) is 8.93. The maximum absolute atomic E-state index is 3.58. The normalized spacial score (nSPS) is 41.1. The molecule has 2 rings (SSSR count). The molecule has 0 N–H and O–H groups in total. The lowest BCUT2D eigenvalue weighted by Gasteiger charge is -2.01. The van der Waals surface area contributed by atoms with Gasteiger partial charge in [-0.05, 0) is 38.5 Å². The minimum atomic E-state index is -0.000231. The second-order valence-electron chi connectivity index (χ2n) is 4.93. The molecule has 0 aromatic rings. The molecule has 0 aromatic heterocycles. The molecule has 0 aromatic carbocycles. The van der Waals surface area contributed by atoms with Crippen LogP contribution in [0.25, 0.3) is 0 Å². The Balaban J connectivity index is 2.01. The van der Waals surface area contributed by atoms with Crippen molar-refractivity contribution in [2.24, 2.45) is 10.8 Å². The van der Waals surface area contributed by atoms with Gasteiger partial charge in [0.2, 0.25) is 0 Å². The first-order valence-corrected chi connectivity index (χ1v) is 8.09. The lowest BCUT2D eigenvalue weighted by molar-refractivity contribution is 0.779. The van der Waals surface area contributed by atoms with E-state index < -0.39 is 0 Å². The highest BCUT2D eigenvalue weighted by Crippen LogP contribution is 2.66. The predicted molar refractivity (Wildman–Crippen MR) is 82.2 cm³/mol. The third kappa shape index (κ3) is 2.28. The first-order valence-electron chi connectivity index (χ1n) is 4.92. The fourth-order valence-electron chi connectivity index (χ4n) is 1.41. The Labute approximate surface area is 130 Å². The summed E-state index contributed by atoms with van der Waals surface area (Å²) in [5, 5.41) is 0. The largest absolute Gasteiger partial charge is 0.0983 e. The Morgan fingerprint density at radius 2 is 1.00 bits per heavy atom. The van der Waals surface area contributed by atoms with Crippen LogP contribution in [0.1, 0.15) is 26.7 Å². The summed E-state index contributed by atoms with van der Waals surface area (Å²) in [5.74, 6) is 12.3. The molecule has 2 aliphatic rings. The molecule has 2 aliphatic carbocycles. The van der Waals surface area contributed by atoms with E-state index >= 15 is 0 Å². The molecule has 0 saturated heterocycles. The van der Waals surface area contributed by atoms with Crippen LogP contribution in [-0.4, -0.2) is 6.47 Å². The standard InChI is InChI=1S/C12H10Br4/c1-9(7-11(9,13)14)5-3-4-6-10(2)8-12(10,15)16/h7-8H2,1-2H3. The maximum Gasteiger partial charge on any atom is 0.0983 e. The molecule has 0 spiro atoms. The van der Waals surface area contributed by atoms with Crippen molar-refractivity contribution in [2.75, 3.05) is 0 Å². The zero-order valence-corrected chi connectivity index (χ0v) is 15.3. The van der Waals surface area contributed by atoms with Crippen molar-refractivity contribution < 1.29 is 0 Å². The highest BCUT2D eigenvalue weighted by atomic mass is 79.9. The molecule has 86 valence electrons. The van der Waals surface area contributed by atoms with Gasteiger partial charge in [0.25, 0.3) is 0 Å². The molecule has 0 aliphatic heterocycles. The minimum Gasteiger partial charge on any atom is -0.0801 e. The molecule has 2 saturated carbocycles. The SMILES string of the molecule is CC1(C#CC#CC2(C)CC2(Br)Br)CC1(Br)Br. The number of hydrogen-bond donors (Lipinski definition) is 0. The lowest BCUT2D eigenvalue weighted by atomic mass is 10.1. The van der Waals surface area contributed by atoms with Gasteiger partial charge >= 0.3 is 0 Å². The van der Waals surface area contributed by atoms with Gasteiger partial charge in [-0.3, -0.25) is 0 Å². The first kappa shape index (κ1) is 13.5. The number of hydrogen-bond acceptors (Lipinski definition) is 0. The van der Waals surface area contributed by atoms with Crippen LogP contribution in [0.4, 0.5) is 0 Å². The summed E-state index contributed by atoms with van der Waals surface area (Å²) in [6, 6.07) is 0. The molecule has 0 bridgehead atoms. The summed E-state index contributed by atoms with van der Waals surface area (Å²) in [6.07, 6.45) is 2.04. The zero-order chi connectivity index (χ0) is 12.2. The summed E-state index contributed by atoms with van der Waals surface area (Å²) >= 11 is 14.3. The van der Waals surface area contributed by atoms with Crippen molar-refractivity contribution in [3.63, 3.8) is 0 Å². The highest BCUT2D eigenvalue weighted by Gasteiger charge is 2.62. The topological polar surface area (TPSA) is 0 Å². The minimum absolute atomic E-state index is 0.000231. The van der Waals surface area contributed by atoms with Gasteiger partial charge in [-0.15, -0.1) is 0 Å². The number of halogens is 4. The van der Waals surface area contributed by atoms with E-state index in [0.717, 1.165) is 12.8 Å². The Hall–Kier alpha value is 1.04. The predicted octanol–water partition coefficient (Wildman–Crippen LogP) is 4.79. The molecule has 0 heterocycles. The molecule has 0 radical (unpaired) electrons. The van der Waals surface area contributed by atoms with Crippen molar-refractivity contribution >= 4 is 63.7 Å². The number of alkyl halides is 4. The second-order valence-corrected chi connectivity index (χ2v) is 12.5. The van der Waals surface area contributed by atoms with Crippen LogP contribution in [0.5, 0.6) is 0 Å². The summed E-state index contributed by atoms with van der Waals surface area (Å²) in [5.41, 5.74) is 0.0397. The Morgan fingerprint density at radius 3 is 1.19 bits per heavy atom. The molecule has 0 amide bonds. The van der Waals surface area contributed by atoms with Gasteiger partial charge in [-0.1, -0.05) is 75.6 Å². The fourth-order valence-corrected chi connectivity index (χ4v) is 4.05. The monoisotopic (exact) mass is 470 g/mol. The van der Waals surface area contributed by atoms with Gasteiger partial charge in [0.05, 0.1) is 17.3 Å². The summed E-state index contributed by atoms with van der Waals surface area (Å²) in [7, 11) is 0. The fraction of sp³-hybridized carbons (Fsp3) is 0.667. The third-order valence-corrected chi connectivity index (χ3v) is 7.88. The van der Waals surface area contributed by atoms with E-state index in [-0.39, 0.29) is 17.3 Å². The van der Waals surface area contributed by atoms with E-state index in [9.17, 15) is 0 Å². The van der Waals surface area contributed by atoms with Crippen LogP contribution in [0, 0.1) is 34.5 Å². The maximum atomic E-state index is 3.58. The molecule has 2 atom stereocenters. The van der Waals surface area contributed by atoms with Gasteiger partial charge in [-0.25, -0.2) is 0 Å². The molecule has 2 unspecified atom stereocenters. The molecular formula is C12H10Br4. The smallest absolute Gasteiger partial charge is 0.0801 e. The number of rotatable bonds is 0. The molecule has 16 heavy (non-hydrogen) atoms. The Kier molecular flexibility index (Phi) is 3.17. The van der Waals surface area contributed by atoms with E-state index in [1.54, 1.807) is 0 Å². The van der Waals surface area contributed by atoms with Gasteiger partial charge in [0.15, 0.2) is 0 Å². The van der Waals surface area contributed by atoms with Crippen molar-refractivity contribution in [1.82, 2.24) is 0 Å². The highest BCUT2D eigenvalue weighted by molar-refractivity contribution is 9.26. The van der Waals surface area contributed by atoms with Crippen LogP contribution in [-0.2, 0) is 0 Å². The van der Waals surface area contributed by atoms with Crippen LogP contribution < -0.4 is 0 Å². The molecular weight excluding hydrogens is 464 g/mol. The van der Waals surface area contributed by atoms with Crippen molar-refractivity contribution in [3.8, 4) is 23.7 Å². The molecule has 2 fully saturated rings. The van der Waals surface area contributed by atoms with E-state index in [2.05, 4.69) is 101 Å². The Bertz CT molecular complexity index is 413. The second kappa shape index (κ2) is 3.77. The van der Waals surface area contributed by atoms with Crippen LogP contribution >= 0.6 is 63.7 Å². The average Bonchev–Trinajstić information content (AvgIpc) is 2.79. The third-order valence-electron chi connectivity index (χ3n) is 3.25. The van der Waals surface area contributed by atoms with Gasteiger partial charge in [0.1, 0.15) is 0 Å². The van der Waals surface area contributed by atoms with Crippen LogP contribution in [0.2, 0.25) is 0 Å². The summed E-state index contributed by atoms with van der Waals surface area (Å²) < 4.78 is -0.000463. The van der Waals surface area contributed by atoms with Crippen molar-refractivity contribution in [2.45, 2.75) is 33.2 Å². The van der Waals surface area contributed by atoms with E-state index in [1.807, 2.05) is 0 Å². The Morgan fingerprint density at radius 1 is 0.750 bits per heavy atom. The van der Waals surface area contributed by atoms with Crippen LogP contribution in [0.15, 0.2) is 0 Å². The molecule has 0 nitrogen and oxygen atoms in total. The van der Waals surface area contributed by atoms with Crippen molar-refractivity contribution in [3.05, 3.63) is 0 Å². The van der Waals surface area contributed by atoms with Gasteiger partial charge < -0.3 is 0 Å². The van der Waals surface area contributed by atoms with E-state index in [1.165, 1.54) is 0 Å². The lowest BCUT2D eigenvalue weighted by Crippen LogP contribution is -1.99. The van der Waals surface area contributed by atoms with Gasteiger partial charge in [0, 0.05) is 0 Å². The van der Waals surface area contributed by atoms with Gasteiger partial charge in [-0.2, -0.15) is 0 Å². The summed E-state index contributed by atoms with van der Waals surface area (Å²) in [4.78, 5) is 0. The van der Waals surface area contributed by atoms with Crippen molar-refractivity contribution in [1.29, 1.82) is 0 Å². The quantitative estimate of drug-likeness (QED) is 0.351. The summed E-state index contributed by atoms with van der Waals surface area (Å²) in [6.45, 7) is 4.26. The van der Waals surface area contributed by atoms with E-state index in [4.69, 9.17) is 0 Å². The van der Waals surface area contributed by atoms with E-state index in [0.29, 0.717) is 0 Å². The first-order chi connectivity index (χ1) is 7.12. The molecule has 4 heteroatoms.